The van der Waals surface area contributed by atoms with E-state index in [2.05, 4.69) is 24.9 Å². The van der Waals surface area contributed by atoms with Crippen molar-refractivity contribution in [2.24, 2.45) is 0 Å². The number of amides is 1. The second-order valence-electron chi connectivity index (χ2n) is 4.58. The Morgan fingerprint density at radius 1 is 1.29 bits per heavy atom. The highest BCUT2D eigenvalue weighted by Crippen LogP contribution is 2.26. The zero-order valence-electron chi connectivity index (χ0n) is 12.8. The molecule has 0 saturated heterocycles. The quantitative estimate of drug-likeness (QED) is 0.658. The van der Waals surface area contributed by atoms with Crippen LogP contribution in [0.25, 0.3) is 11.4 Å². The zero-order valence-corrected chi connectivity index (χ0v) is 15.3. The first-order valence-corrected chi connectivity index (χ1v) is 9.42. The Balaban J connectivity index is 1.56. The van der Waals surface area contributed by atoms with Gasteiger partial charge in [-0.2, -0.15) is 4.37 Å². The van der Waals surface area contributed by atoms with Crippen LogP contribution in [-0.4, -0.2) is 38.3 Å². The minimum absolute atomic E-state index is 0.141. The smallest absolute Gasteiger partial charge is 0.236 e. The van der Waals surface area contributed by atoms with Crippen molar-refractivity contribution in [3.8, 4) is 17.1 Å². The van der Waals surface area contributed by atoms with E-state index >= 15 is 0 Å². The normalized spacial score (nSPS) is 10.6. The predicted molar refractivity (Wildman–Crippen MR) is 95.9 cm³/mol. The van der Waals surface area contributed by atoms with Crippen LogP contribution >= 0.6 is 34.6 Å². The molecule has 2 heterocycles. The summed E-state index contributed by atoms with van der Waals surface area (Å²) in [7, 11) is 1.62. The van der Waals surface area contributed by atoms with Crippen molar-refractivity contribution in [1.29, 1.82) is 0 Å². The number of hydrogen-bond acceptors (Lipinski definition) is 9. The van der Waals surface area contributed by atoms with Crippen molar-refractivity contribution >= 4 is 45.7 Å². The molecular formula is C14H13N5O2S3. The molecule has 7 nitrogen and oxygen atoms in total. The van der Waals surface area contributed by atoms with E-state index in [1.165, 1.54) is 34.6 Å². The third kappa shape index (κ3) is 4.28. The van der Waals surface area contributed by atoms with Gasteiger partial charge in [-0.1, -0.05) is 23.1 Å². The lowest BCUT2D eigenvalue weighted by Gasteiger charge is -2.00. The van der Waals surface area contributed by atoms with E-state index in [1.54, 1.807) is 7.11 Å². The molecule has 0 radical (unpaired) electrons. The molecule has 0 aliphatic rings. The number of aryl methyl sites for hydroxylation is 1. The van der Waals surface area contributed by atoms with Crippen molar-refractivity contribution in [1.82, 2.24) is 19.6 Å². The summed E-state index contributed by atoms with van der Waals surface area (Å²) in [4.78, 5) is 16.3. The summed E-state index contributed by atoms with van der Waals surface area (Å²) in [5.74, 6) is 1.53. The molecule has 0 aliphatic carbocycles. The highest BCUT2D eigenvalue weighted by molar-refractivity contribution is 8.01. The topological polar surface area (TPSA) is 89.9 Å². The fourth-order valence-corrected chi connectivity index (χ4v) is 3.78. The molecule has 0 aliphatic heterocycles. The minimum Gasteiger partial charge on any atom is -0.497 e. The van der Waals surface area contributed by atoms with Crippen LogP contribution < -0.4 is 10.1 Å². The number of rotatable bonds is 6. The second kappa shape index (κ2) is 7.69. The van der Waals surface area contributed by atoms with E-state index in [1.807, 2.05) is 31.2 Å². The number of methoxy groups -OCH3 is 1. The largest absolute Gasteiger partial charge is 0.497 e. The fraction of sp³-hybridized carbons (Fsp3) is 0.214. The van der Waals surface area contributed by atoms with Crippen LogP contribution in [0.3, 0.4) is 0 Å². The summed E-state index contributed by atoms with van der Waals surface area (Å²) in [5, 5.41) is 11.7. The van der Waals surface area contributed by atoms with Crippen LogP contribution in [0.1, 0.15) is 5.01 Å². The average molecular weight is 379 g/mol. The van der Waals surface area contributed by atoms with Gasteiger partial charge >= 0.3 is 0 Å². The summed E-state index contributed by atoms with van der Waals surface area (Å²) in [6.07, 6.45) is 0. The van der Waals surface area contributed by atoms with E-state index in [0.29, 0.717) is 11.0 Å². The van der Waals surface area contributed by atoms with Crippen molar-refractivity contribution in [3.63, 3.8) is 0 Å². The van der Waals surface area contributed by atoms with Gasteiger partial charge in [-0.15, -0.1) is 10.2 Å². The highest BCUT2D eigenvalue weighted by Gasteiger charge is 2.11. The Morgan fingerprint density at radius 2 is 2.08 bits per heavy atom. The molecule has 3 aromatic rings. The maximum absolute atomic E-state index is 11.9. The molecule has 124 valence electrons. The number of carbonyl (C=O) groups excluding carboxylic acids is 1. The third-order valence-electron chi connectivity index (χ3n) is 2.85. The highest BCUT2D eigenvalue weighted by atomic mass is 32.2. The van der Waals surface area contributed by atoms with Crippen molar-refractivity contribution in [3.05, 3.63) is 29.3 Å². The van der Waals surface area contributed by atoms with Crippen LogP contribution in [0.4, 0.5) is 5.13 Å². The first kappa shape index (κ1) is 16.8. The van der Waals surface area contributed by atoms with E-state index in [-0.39, 0.29) is 11.7 Å². The number of hydrogen-bond donors (Lipinski definition) is 1. The number of thioether (sulfide) groups is 1. The molecule has 10 heteroatoms. The molecule has 3 rings (SSSR count). The summed E-state index contributed by atoms with van der Waals surface area (Å²) in [5.41, 5.74) is 0.910. The van der Waals surface area contributed by atoms with Gasteiger partial charge in [0.25, 0.3) is 0 Å². The molecule has 0 bridgehead atoms. The van der Waals surface area contributed by atoms with Gasteiger partial charge in [-0.25, -0.2) is 4.98 Å². The van der Waals surface area contributed by atoms with Gasteiger partial charge in [0, 0.05) is 5.56 Å². The summed E-state index contributed by atoms with van der Waals surface area (Å²) in [6.45, 7) is 1.84. The lowest BCUT2D eigenvalue weighted by molar-refractivity contribution is -0.113. The summed E-state index contributed by atoms with van der Waals surface area (Å²) in [6, 6.07) is 7.53. The second-order valence-corrected chi connectivity index (χ2v) is 7.73. The van der Waals surface area contributed by atoms with Crippen molar-refractivity contribution < 1.29 is 9.53 Å². The van der Waals surface area contributed by atoms with Crippen LogP contribution in [-0.2, 0) is 4.79 Å². The SMILES string of the molecule is COc1ccc(-c2nsc(SCC(=O)Nc3nnc(C)s3)n2)cc1. The summed E-state index contributed by atoms with van der Waals surface area (Å²) < 4.78 is 10.2. The number of carbonyl (C=O) groups is 1. The number of anilines is 1. The number of nitrogens with zero attached hydrogens (tertiary/aromatic N) is 4. The molecule has 0 saturated carbocycles. The Bertz CT molecular complexity index is 831. The number of benzene rings is 1. The lowest BCUT2D eigenvalue weighted by Crippen LogP contribution is -2.13. The number of aromatic nitrogens is 4. The molecule has 0 spiro atoms. The van der Waals surface area contributed by atoms with Gasteiger partial charge in [-0.05, 0) is 42.7 Å². The van der Waals surface area contributed by atoms with E-state index in [0.717, 1.165) is 20.7 Å². The van der Waals surface area contributed by atoms with Gasteiger partial charge in [-0.3, -0.25) is 10.1 Å². The van der Waals surface area contributed by atoms with Crippen molar-refractivity contribution in [2.75, 3.05) is 18.2 Å². The molecule has 0 atom stereocenters. The minimum atomic E-state index is -0.141. The maximum atomic E-state index is 11.9. The van der Waals surface area contributed by atoms with E-state index in [9.17, 15) is 4.79 Å². The molecule has 1 N–H and O–H groups in total. The molecule has 0 unspecified atom stereocenters. The van der Waals surface area contributed by atoms with Crippen LogP contribution in [0, 0.1) is 6.92 Å². The maximum Gasteiger partial charge on any atom is 0.236 e. The average Bonchev–Trinajstić information content (AvgIpc) is 3.22. The van der Waals surface area contributed by atoms with E-state index in [4.69, 9.17) is 4.74 Å². The zero-order chi connectivity index (χ0) is 16.9. The predicted octanol–water partition coefficient (Wildman–Crippen LogP) is 3.10. The molecule has 0 fully saturated rings. The summed E-state index contributed by atoms with van der Waals surface area (Å²) >= 11 is 3.96. The van der Waals surface area contributed by atoms with Crippen LogP contribution in [0.2, 0.25) is 0 Å². The number of nitrogens with one attached hydrogen (secondary N) is 1. The molecule has 1 amide bonds. The van der Waals surface area contributed by atoms with Gasteiger partial charge in [0.15, 0.2) is 10.2 Å². The molecular weight excluding hydrogens is 366 g/mol. The monoisotopic (exact) mass is 379 g/mol. The number of ether oxygens (including phenoxy) is 1. The Kier molecular flexibility index (Phi) is 5.38. The third-order valence-corrected chi connectivity index (χ3v) is 5.44. The van der Waals surface area contributed by atoms with Gasteiger partial charge in [0.2, 0.25) is 11.0 Å². The van der Waals surface area contributed by atoms with Gasteiger partial charge < -0.3 is 4.74 Å². The van der Waals surface area contributed by atoms with Crippen molar-refractivity contribution in [2.45, 2.75) is 11.3 Å². The first-order chi connectivity index (χ1) is 11.6. The van der Waals surface area contributed by atoms with Gasteiger partial charge in [0.05, 0.1) is 12.9 Å². The Hall–Kier alpha value is -2.04. The van der Waals surface area contributed by atoms with E-state index < -0.39 is 0 Å². The lowest BCUT2D eigenvalue weighted by atomic mass is 10.2. The van der Waals surface area contributed by atoms with Crippen LogP contribution in [0.15, 0.2) is 28.6 Å². The van der Waals surface area contributed by atoms with Crippen LogP contribution in [0.5, 0.6) is 5.75 Å². The molecule has 24 heavy (non-hydrogen) atoms. The standard InChI is InChI=1S/C14H13N5O2S3/c1-8-17-18-13(23-8)15-11(20)7-22-14-16-12(19-24-14)9-3-5-10(21-2)6-4-9/h3-6H,7H2,1-2H3,(H,15,18,20). The molecule has 1 aromatic carbocycles. The Labute approximate surface area is 150 Å². The van der Waals surface area contributed by atoms with Gasteiger partial charge in [0.1, 0.15) is 10.8 Å². The Morgan fingerprint density at radius 3 is 2.75 bits per heavy atom. The molecule has 2 aromatic heterocycles. The first-order valence-electron chi connectivity index (χ1n) is 6.85. The fourth-order valence-electron chi connectivity index (χ4n) is 1.76.